The minimum absolute atomic E-state index is 0.121. The molecule has 0 aromatic carbocycles. The van der Waals surface area contributed by atoms with Crippen LogP contribution in [0, 0.1) is 6.92 Å². The van der Waals surface area contributed by atoms with Gasteiger partial charge in [-0.15, -0.1) is 0 Å². The molecule has 0 radical (unpaired) electrons. The van der Waals surface area contributed by atoms with Gasteiger partial charge in [0.05, 0.1) is 11.3 Å². The zero-order chi connectivity index (χ0) is 12.3. The van der Waals surface area contributed by atoms with E-state index in [1.54, 1.807) is 6.92 Å². The summed E-state index contributed by atoms with van der Waals surface area (Å²) in [6, 6.07) is 0. The molecule has 0 aliphatic heterocycles. The molecule has 0 saturated heterocycles. The normalized spacial score (nSPS) is 11.5. The van der Waals surface area contributed by atoms with Crippen LogP contribution < -0.4 is 0 Å². The largest absolute Gasteiger partial charge is 0.478 e. The van der Waals surface area contributed by atoms with Crippen LogP contribution in [-0.4, -0.2) is 27.7 Å². The first-order chi connectivity index (χ1) is 7.38. The van der Waals surface area contributed by atoms with Crippen molar-refractivity contribution in [2.75, 3.05) is 6.61 Å². The van der Waals surface area contributed by atoms with E-state index in [2.05, 4.69) is 9.97 Å². The third kappa shape index (κ3) is 2.55. The highest BCUT2D eigenvalue weighted by atomic mass is 16.5. The number of rotatable bonds is 4. The summed E-state index contributed by atoms with van der Waals surface area (Å²) in [7, 11) is 0. The van der Waals surface area contributed by atoms with Gasteiger partial charge in [0, 0.05) is 12.8 Å². The van der Waals surface area contributed by atoms with E-state index in [9.17, 15) is 4.79 Å². The number of ether oxygens (including phenoxy) is 1. The summed E-state index contributed by atoms with van der Waals surface area (Å²) in [6.45, 7) is 7.80. The lowest BCUT2D eigenvalue weighted by Crippen LogP contribution is -2.25. The monoisotopic (exact) mass is 224 g/mol. The number of hydrogen-bond donors (Lipinski definition) is 1. The third-order valence-corrected chi connectivity index (χ3v) is 2.25. The van der Waals surface area contributed by atoms with Crippen LogP contribution in [0.2, 0.25) is 0 Å². The van der Waals surface area contributed by atoms with E-state index in [-0.39, 0.29) is 5.56 Å². The third-order valence-electron chi connectivity index (χ3n) is 2.25. The second-order valence-electron chi connectivity index (χ2n) is 3.94. The van der Waals surface area contributed by atoms with Crippen LogP contribution in [0.3, 0.4) is 0 Å². The summed E-state index contributed by atoms with van der Waals surface area (Å²) in [4.78, 5) is 19.0. The maximum absolute atomic E-state index is 10.8. The Kier molecular flexibility index (Phi) is 3.59. The molecule has 1 rings (SSSR count). The van der Waals surface area contributed by atoms with Crippen LogP contribution in [0.15, 0.2) is 6.20 Å². The molecule has 0 atom stereocenters. The quantitative estimate of drug-likeness (QED) is 0.843. The zero-order valence-corrected chi connectivity index (χ0v) is 9.94. The highest BCUT2D eigenvalue weighted by molar-refractivity contribution is 5.88. The van der Waals surface area contributed by atoms with Crippen molar-refractivity contribution in [2.45, 2.75) is 33.3 Å². The van der Waals surface area contributed by atoms with Gasteiger partial charge in [-0.05, 0) is 27.7 Å². The second kappa shape index (κ2) is 4.57. The molecule has 1 aromatic heterocycles. The molecular weight excluding hydrogens is 208 g/mol. The molecule has 0 aliphatic carbocycles. The van der Waals surface area contributed by atoms with Crippen molar-refractivity contribution in [3.8, 4) is 0 Å². The van der Waals surface area contributed by atoms with Crippen LogP contribution in [0.1, 0.15) is 42.6 Å². The first-order valence-electron chi connectivity index (χ1n) is 5.10. The summed E-state index contributed by atoms with van der Waals surface area (Å²) >= 11 is 0. The molecule has 0 amide bonds. The van der Waals surface area contributed by atoms with E-state index < -0.39 is 11.6 Å². The predicted molar refractivity (Wildman–Crippen MR) is 58.4 cm³/mol. The van der Waals surface area contributed by atoms with Crippen molar-refractivity contribution in [2.24, 2.45) is 0 Å². The second-order valence-corrected chi connectivity index (χ2v) is 3.94. The molecule has 1 N–H and O–H groups in total. The highest BCUT2D eigenvalue weighted by Gasteiger charge is 2.25. The smallest absolute Gasteiger partial charge is 0.339 e. The Morgan fingerprint density at radius 2 is 2.19 bits per heavy atom. The Bertz CT molecular complexity index is 402. The van der Waals surface area contributed by atoms with Gasteiger partial charge in [-0.1, -0.05) is 0 Å². The topological polar surface area (TPSA) is 72.3 Å². The van der Waals surface area contributed by atoms with Gasteiger partial charge >= 0.3 is 5.97 Å². The lowest BCUT2D eigenvalue weighted by Gasteiger charge is -2.23. The Balaban J connectivity index is 3.10. The van der Waals surface area contributed by atoms with Gasteiger partial charge in [-0.25, -0.2) is 14.8 Å². The molecule has 0 aliphatic rings. The predicted octanol–water partition coefficient (Wildman–Crippen LogP) is 1.75. The standard InChI is InChI=1S/C11H16N2O3/c1-5-16-11(3,4)10-12-6-8(9(14)15)7(2)13-10/h6H,5H2,1-4H3,(H,14,15). The average Bonchev–Trinajstić information content (AvgIpc) is 2.16. The van der Waals surface area contributed by atoms with E-state index >= 15 is 0 Å². The van der Waals surface area contributed by atoms with Crippen LogP contribution in [0.5, 0.6) is 0 Å². The van der Waals surface area contributed by atoms with Crippen molar-refractivity contribution < 1.29 is 14.6 Å². The molecule has 1 heterocycles. The van der Waals surface area contributed by atoms with E-state index in [0.29, 0.717) is 18.1 Å². The fourth-order valence-corrected chi connectivity index (χ4v) is 1.39. The van der Waals surface area contributed by atoms with Gasteiger partial charge in [-0.3, -0.25) is 0 Å². The number of aryl methyl sites for hydroxylation is 1. The maximum atomic E-state index is 10.8. The molecule has 0 fully saturated rings. The first kappa shape index (κ1) is 12.6. The minimum Gasteiger partial charge on any atom is -0.478 e. The van der Waals surface area contributed by atoms with Gasteiger partial charge in [0.2, 0.25) is 0 Å². The first-order valence-corrected chi connectivity index (χ1v) is 5.10. The van der Waals surface area contributed by atoms with Crippen molar-refractivity contribution in [1.29, 1.82) is 0 Å². The molecule has 0 unspecified atom stereocenters. The zero-order valence-electron chi connectivity index (χ0n) is 9.94. The van der Waals surface area contributed by atoms with Crippen LogP contribution >= 0.6 is 0 Å². The van der Waals surface area contributed by atoms with Crippen molar-refractivity contribution >= 4 is 5.97 Å². The fourth-order valence-electron chi connectivity index (χ4n) is 1.39. The van der Waals surface area contributed by atoms with Gasteiger partial charge in [0.15, 0.2) is 5.82 Å². The number of hydrogen-bond acceptors (Lipinski definition) is 4. The fraction of sp³-hybridized carbons (Fsp3) is 0.545. The van der Waals surface area contributed by atoms with Crippen LogP contribution in [0.4, 0.5) is 0 Å². The number of carboxylic acids is 1. The lowest BCUT2D eigenvalue weighted by atomic mass is 10.1. The highest BCUT2D eigenvalue weighted by Crippen LogP contribution is 2.21. The average molecular weight is 224 g/mol. The van der Waals surface area contributed by atoms with Crippen molar-refractivity contribution in [3.63, 3.8) is 0 Å². The Morgan fingerprint density at radius 1 is 1.56 bits per heavy atom. The maximum Gasteiger partial charge on any atom is 0.339 e. The summed E-state index contributed by atoms with van der Waals surface area (Å²) in [5.74, 6) is -0.518. The summed E-state index contributed by atoms with van der Waals surface area (Å²) in [5, 5.41) is 8.85. The van der Waals surface area contributed by atoms with Crippen molar-refractivity contribution in [3.05, 3.63) is 23.3 Å². The van der Waals surface area contributed by atoms with E-state index in [1.807, 2.05) is 20.8 Å². The Hall–Kier alpha value is -1.49. The minimum atomic E-state index is -1.02. The molecule has 16 heavy (non-hydrogen) atoms. The summed E-state index contributed by atoms with van der Waals surface area (Å²) in [5.41, 5.74) is -0.0300. The number of nitrogens with zero attached hydrogens (tertiary/aromatic N) is 2. The van der Waals surface area contributed by atoms with Crippen LogP contribution in [0.25, 0.3) is 0 Å². The lowest BCUT2D eigenvalue weighted by molar-refractivity contribution is -0.0210. The van der Waals surface area contributed by atoms with Gasteiger partial charge in [-0.2, -0.15) is 0 Å². The van der Waals surface area contributed by atoms with E-state index in [4.69, 9.17) is 9.84 Å². The number of carbonyl (C=O) groups is 1. The molecule has 1 aromatic rings. The number of aromatic nitrogens is 2. The Morgan fingerprint density at radius 3 is 2.62 bits per heavy atom. The SMILES string of the molecule is CCOC(C)(C)c1ncc(C(=O)O)c(C)n1. The molecule has 0 bridgehead atoms. The van der Waals surface area contributed by atoms with Gasteiger partial charge in [0.1, 0.15) is 5.60 Å². The molecule has 88 valence electrons. The van der Waals surface area contributed by atoms with Gasteiger partial charge in [0.25, 0.3) is 0 Å². The Labute approximate surface area is 94.5 Å². The van der Waals surface area contributed by atoms with E-state index in [1.165, 1.54) is 6.20 Å². The molecule has 0 saturated carbocycles. The number of carboxylic acid groups (broad SMARTS) is 1. The summed E-state index contributed by atoms with van der Waals surface area (Å²) < 4.78 is 5.50. The van der Waals surface area contributed by atoms with Gasteiger partial charge < -0.3 is 9.84 Å². The van der Waals surface area contributed by atoms with Crippen LogP contribution in [-0.2, 0) is 10.3 Å². The molecule has 0 spiro atoms. The van der Waals surface area contributed by atoms with Crippen molar-refractivity contribution in [1.82, 2.24) is 9.97 Å². The summed E-state index contributed by atoms with van der Waals surface area (Å²) in [6.07, 6.45) is 1.32. The number of aromatic carboxylic acids is 1. The molecule has 5 nitrogen and oxygen atoms in total. The molecular formula is C11H16N2O3. The molecule has 5 heteroatoms. The van der Waals surface area contributed by atoms with E-state index in [0.717, 1.165) is 0 Å².